The highest BCUT2D eigenvalue weighted by Crippen LogP contribution is 2.54. The van der Waals surface area contributed by atoms with Crippen LogP contribution < -0.4 is 0 Å². The molecule has 0 N–H and O–H groups in total. The summed E-state index contributed by atoms with van der Waals surface area (Å²) in [6, 6.07) is 1.97. The zero-order chi connectivity index (χ0) is 15.2. The van der Waals surface area contributed by atoms with Crippen LogP contribution in [0.5, 0.6) is 0 Å². The van der Waals surface area contributed by atoms with Gasteiger partial charge in [0, 0.05) is 22.5 Å². The van der Waals surface area contributed by atoms with Gasteiger partial charge in [-0.15, -0.1) is 0 Å². The normalized spacial score (nSPS) is 13.1. The first-order chi connectivity index (χ1) is 9.45. The lowest BCUT2D eigenvalue weighted by molar-refractivity contribution is 0.474. The van der Waals surface area contributed by atoms with Gasteiger partial charge in [0.25, 0.3) is 0 Å². The number of aryl methyl sites for hydroxylation is 1. The molecular weight excluding hydrogens is 287 g/mol. The summed E-state index contributed by atoms with van der Waals surface area (Å²) in [4.78, 5) is 0.842. The zero-order valence-corrected chi connectivity index (χ0v) is 14.4. The summed E-state index contributed by atoms with van der Waals surface area (Å²) < 4.78 is 18.2. The third-order valence-electron chi connectivity index (χ3n) is 3.08. The van der Waals surface area contributed by atoms with Gasteiger partial charge in [-0.25, -0.2) is 0 Å². The number of allylic oxidation sites excluding steroid dienone is 4. The predicted octanol–water partition coefficient (Wildman–Crippen LogP) is 6.06. The SMILES string of the molecule is C=C(/C=C(\C=C/C)P(=O)(CC)CC)Sc1cc(C)co1. The van der Waals surface area contributed by atoms with E-state index in [1.165, 1.54) is 11.8 Å². The molecule has 20 heavy (non-hydrogen) atoms. The molecule has 0 radical (unpaired) electrons. The van der Waals surface area contributed by atoms with E-state index in [1.807, 2.05) is 52.0 Å². The van der Waals surface area contributed by atoms with E-state index >= 15 is 0 Å². The van der Waals surface area contributed by atoms with Crippen molar-refractivity contribution in [3.63, 3.8) is 0 Å². The van der Waals surface area contributed by atoms with Crippen molar-refractivity contribution in [1.29, 1.82) is 0 Å². The molecule has 0 aliphatic heterocycles. The van der Waals surface area contributed by atoms with Gasteiger partial charge in [-0.3, -0.25) is 0 Å². The van der Waals surface area contributed by atoms with Gasteiger partial charge in [-0.2, -0.15) is 0 Å². The first-order valence-electron chi connectivity index (χ1n) is 6.80. The van der Waals surface area contributed by atoms with Crippen LogP contribution in [-0.2, 0) is 4.57 Å². The van der Waals surface area contributed by atoms with E-state index in [4.69, 9.17) is 4.42 Å². The van der Waals surface area contributed by atoms with Gasteiger partial charge in [-0.05, 0) is 31.6 Å². The van der Waals surface area contributed by atoms with E-state index in [2.05, 4.69) is 6.58 Å². The van der Waals surface area contributed by atoms with Crippen LogP contribution in [0, 0.1) is 6.92 Å². The van der Waals surface area contributed by atoms with E-state index in [9.17, 15) is 4.57 Å². The van der Waals surface area contributed by atoms with Crippen molar-refractivity contribution in [2.24, 2.45) is 0 Å². The molecule has 4 heteroatoms. The second-order valence-electron chi connectivity index (χ2n) is 4.60. The number of hydrogen-bond donors (Lipinski definition) is 0. The predicted molar refractivity (Wildman–Crippen MR) is 90.0 cm³/mol. The molecule has 110 valence electrons. The Morgan fingerprint density at radius 2 is 2.10 bits per heavy atom. The summed E-state index contributed by atoms with van der Waals surface area (Å²) >= 11 is 1.46. The highest BCUT2D eigenvalue weighted by molar-refractivity contribution is 8.03. The van der Waals surface area contributed by atoms with Crippen molar-refractivity contribution in [1.82, 2.24) is 0 Å². The Morgan fingerprint density at radius 1 is 1.45 bits per heavy atom. The maximum Gasteiger partial charge on any atom is 0.165 e. The molecule has 0 saturated heterocycles. The van der Waals surface area contributed by atoms with Gasteiger partial charge in [0.05, 0.1) is 6.26 Å². The molecule has 1 aromatic rings. The largest absolute Gasteiger partial charge is 0.458 e. The van der Waals surface area contributed by atoms with Crippen LogP contribution in [0.15, 0.2) is 56.9 Å². The van der Waals surface area contributed by atoms with Crippen molar-refractivity contribution < 1.29 is 8.98 Å². The van der Waals surface area contributed by atoms with E-state index in [0.717, 1.165) is 20.9 Å². The monoisotopic (exact) mass is 310 g/mol. The summed E-state index contributed by atoms with van der Waals surface area (Å²) in [7, 11) is -2.29. The molecule has 0 fully saturated rings. The molecule has 2 nitrogen and oxygen atoms in total. The van der Waals surface area contributed by atoms with Crippen molar-refractivity contribution in [3.05, 3.63) is 52.9 Å². The maximum atomic E-state index is 12.8. The topological polar surface area (TPSA) is 30.2 Å². The zero-order valence-electron chi connectivity index (χ0n) is 12.7. The third-order valence-corrected chi connectivity index (χ3v) is 7.13. The molecule has 0 aliphatic rings. The fourth-order valence-electron chi connectivity index (χ4n) is 1.84. The van der Waals surface area contributed by atoms with Crippen LogP contribution in [0.1, 0.15) is 26.3 Å². The summed E-state index contributed by atoms with van der Waals surface area (Å²) in [6.07, 6.45) is 8.87. The molecule has 0 aromatic carbocycles. The minimum absolute atomic E-state index is 0.678. The number of rotatable bonds is 7. The van der Waals surface area contributed by atoms with Crippen LogP contribution in [0.4, 0.5) is 0 Å². The summed E-state index contributed by atoms with van der Waals surface area (Å²) in [5, 5.41) is 1.71. The van der Waals surface area contributed by atoms with E-state index in [-0.39, 0.29) is 0 Å². The lowest BCUT2D eigenvalue weighted by Gasteiger charge is -2.16. The molecule has 0 atom stereocenters. The first kappa shape index (κ1) is 17.1. The molecule has 1 heterocycles. The molecule has 0 bridgehead atoms. The number of thioether (sulfide) groups is 1. The van der Waals surface area contributed by atoms with Gasteiger partial charge in [0.15, 0.2) is 5.09 Å². The highest BCUT2D eigenvalue weighted by atomic mass is 32.2. The molecule has 0 amide bonds. The standard InChI is InChI=1S/C16H23O2PS/c1-6-9-15(19(17,7-2)8-3)11-14(5)20-16-10-13(4)12-18-16/h6,9-12H,5,7-8H2,1-4H3/b9-6-,15-11+. The first-order valence-corrected chi connectivity index (χ1v) is 9.69. The van der Waals surface area contributed by atoms with Crippen LogP contribution in [0.3, 0.4) is 0 Å². The Morgan fingerprint density at radius 3 is 2.55 bits per heavy atom. The Hall–Kier alpha value is -0.920. The van der Waals surface area contributed by atoms with Crippen LogP contribution >= 0.6 is 18.9 Å². The summed E-state index contributed by atoms with van der Waals surface area (Å²) in [6.45, 7) is 11.9. The Kier molecular flexibility index (Phi) is 6.64. The lowest BCUT2D eigenvalue weighted by atomic mass is 10.4. The second-order valence-corrected chi connectivity index (χ2v) is 9.29. The lowest BCUT2D eigenvalue weighted by Crippen LogP contribution is -1.92. The minimum atomic E-state index is -2.29. The third kappa shape index (κ3) is 4.57. The van der Waals surface area contributed by atoms with Gasteiger partial charge in [0.2, 0.25) is 0 Å². The summed E-state index contributed by atoms with van der Waals surface area (Å²) in [5.74, 6) is 0. The van der Waals surface area contributed by atoms with E-state index in [0.29, 0.717) is 12.3 Å². The average Bonchev–Trinajstić information content (AvgIpc) is 2.82. The molecular formula is C16H23O2PS. The van der Waals surface area contributed by atoms with Gasteiger partial charge < -0.3 is 8.98 Å². The quantitative estimate of drug-likeness (QED) is 0.348. The Labute approximate surface area is 126 Å². The average molecular weight is 310 g/mol. The van der Waals surface area contributed by atoms with Crippen molar-refractivity contribution >= 4 is 18.9 Å². The summed E-state index contributed by atoms with van der Waals surface area (Å²) in [5.41, 5.74) is 1.09. The van der Waals surface area contributed by atoms with Gasteiger partial charge in [0.1, 0.15) is 7.14 Å². The second kappa shape index (κ2) is 7.75. The smallest absolute Gasteiger partial charge is 0.165 e. The van der Waals surface area contributed by atoms with Gasteiger partial charge >= 0.3 is 0 Å². The Balaban J connectivity index is 2.96. The minimum Gasteiger partial charge on any atom is -0.458 e. The van der Waals surface area contributed by atoms with Crippen molar-refractivity contribution in [3.8, 4) is 0 Å². The molecule has 0 aliphatic carbocycles. The molecule has 1 rings (SSSR count). The molecule has 0 spiro atoms. The maximum absolute atomic E-state index is 12.8. The molecule has 0 saturated carbocycles. The van der Waals surface area contributed by atoms with Gasteiger partial charge in [-0.1, -0.05) is 44.3 Å². The fraction of sp³-hybridized carbons (Fsp3) is 0.375. The molecule has 0 unspecified atom stereocenters. The van der Waals surface area contributed by atoms with Crippen molar-refractivity contribution in [2.75, 3.05) is 12.3 Å². The number of hydrogen-bond acceptors (Lipinski definition) is 3. The Bertz CT molecular complexity index is 559. The van der Waals surface area contributed by atoms with Crippen LogP contribution in [-0.4, -0.2) is 12.3 Å². The van der Waals surface area contributed by atoms with E-state index in [1.54, 1.807) is 6.26 Å². The van der Waals surface area contributed by atoms with Crippen molar-refractivity contribution in [2.45, 2.75) is 32.8 Å². The number of furan rings is 1. The fourth-order valence-corrected chi connectivity index (χ4v) is 4.71. The highest BCUT2D eigenvalue weighted by Gasteiger charge is 2.21. The molecule has 1 aromatic heterocycles. The van der Waals surface area contributed by atoms with Crippen LogP contribution in [0.25, 0.3) is 0 Å². The van der Waals surface area contributed by atoms with Crippen LogP contribution in [0.2, 0.25) is 0 Å². The van der Waals surface area contributed by atoms with E-state index < -0.39 is 7.14 Å².